The summed E-state index contributed by atoms with van der Waals surface area (Å²) in [4.78, 5) is 22.3. The number of hydrazone groups is 1. The number of nitrogens with zero attached hydrogens (tertiary/aromatic N) is 1. The molecule has 0 bridgehead atoms. The first-order chi connectivity index (χ1) is 9.74. The van der Waals surface area contributed by atoms with E-state index in [1.54, 1.807) is 6.08 Å². The molecule has 0 aliphatic heterocycles. The number of amides is 1. The van der Waals surface area contributed by atoms with Gasteiger partial charge in [-0.2, -0.15) is 5.10 Å². The molecule has 0 unspecified atom stereocenters. The van der Waals surface area contributed by atoms with Crippen LogP contribution in [0.4, 0.5) is 0 Å². The third-order valence-corrected chi connectivity index (χ3v) is 2.44. The highest BCUT2D eigenvalue weighted by Crippen LogP contribution is 1.99. The number of H-pyrrole nitrogens is 2. The van der Waals surface area contributed by atoms with Crippen molar-refractivity contribution in [1.29, 1.82) is 0 Å². The Labute approximate surface area is 115 Å². The van der Waals surface area contributed by atoms with Crippen LogP contribution >= 0.6 is 0 Å². The summed E-state index contributed by atoms with van der Waals surface area (Å²) < 4.78 is 0. The minimum absolute atomic E-state index is 0.0679. The Bertz CT molecular complexity index is 668. The van der Waals surface area contributed by atoms with Gasteiger partial charge in [0.15, 0.2) is 0 Å². The van der Waals surface area contributed by atoms with Crippen molar-refractivity contribution in [3.63, 3.8) is 0 Å². The summed E-state index contributed by atoms with van der Waals surface area (Å²) in [6.07, 6.45) is 5.16. The number of carbonyl (C=O) groups is 1. The van der Waals surface area contributed by atoms with Gasteiger partial charge in [0, 0.05) is 18.0 Å². The molecule has 0 radical (unpaired) electrons. The zero-order valence-corrected chi connectivity index (χ0v) is 10.7. The van der Waals surface area contributed by atoms with Crippen molar-refractivity contribution in [1.82, 2.24) is 15.6 Å². The van der Waals surface area contributed by atoms with Crippen molar-refractivity contribution in [3.8, 4) is 0 Å². The Balaban J connectivity index is 1.77. The Hall–Kier alpha value is -2.89. The Morgan fingerprint density at radius 3 is 2.75 bits per heavy atom. The van der Waals surface area contributed by atoms with Gasteiger partial charge in [-0.3, -0.25) is 14.7 Å². The number of hydrogen-bond acceptors (Lipinski definition) is 3. The van der Waals surface area contributed by atoms with Crippen molar-refractivity contribution < 1.29 is 4.79 Å². The summed E-state index contributed by atoms with van der Waals surface area (Å²) in [6.45, 7) is 0. The van der Waals surface area contributed by atoms with Crippen LogP contribution in [0.25, 0.3) is 6.08 Å². The molecule has 0 atom stereocenters. The first-order valence-corrected chi connectivity index (χ1v) is 6.04. The fraction of sp³-hybridized carbons (Fsp3) is 0.0714. The van der Waals surface area contributed by atoms with Crippen LogP contribution in [0.2, 0.25) is 0 Å². The number of hydrogen-bond donors (Lipinski definition) is 3. The smallest absolute Gasteiger partial charge is 0.264 e. The van der Waals surface area contributed by atoms with Crippen LogP contribution in [0.3, 0.4) is 0 Å². The molecular formula is C14H14N4O2. The number of benzene rings is 1. The molecule has 20 heavy (non-hydrogen) atoms. The normalized spacial score (nSPS) is 11.2. The summed E-state index contributed by atoms with van der Waals surface area (Å²) in [5.41, 5.74) is 3.68. The van der Waals surface area contributed by atoms with Gasteiger partial charge in [0.2, 0.25) is 5.91 Å². The summed E-state index contributed by atoms with van der Waals surface area (Å²) in [5, 5.41) is 8.73. The lowest BCUT2D eigenvalue weighted by Crippen LogP contribution is -2.19. The zero-order valence-electron chi connectivity index (χ0n) is 10.7. The standard InChI is InChI=1S/C14H14N4O2/c19-13(9-12-10-14(20)18-16-12)17-15-8-4-7-11-5-2-1-3-6-11/h1-8,10H,9H2,(H,17,19)(H2,16,18,20)/b7-4+,15-8+. The minimum atomic E-state index is -0.301. The van der Waals surface area contributed by atoms with Crippen LogP contribution in [0.1, 0.15) is 11.3 Å². The number of aromatic amines is 2. The topological polar surface area (TPSA) is 90.1 Å². The van der Waals surface area contributed by atoms with E-state index in [-0.39, 0.29) is 17.9 Å². The van der Waals surface area contributed by atoms with Gasteiger partial charge in [-0.25, -0.2) is 5.43 Å². The van der Waals surface area contributed by atoms with Crippen molar-refractivity contribution in [2.75, 3.05) is 0 Å². The molecule has 2 aromatic rings. The fourth-order valence-electron chi connectivity index (χ4n) is 1.55. The van der Waals surface area contributed by atoms with E-state index < -0.39 is 0 Å². The molecule has 0 saturated carbocycles. The lowest BCUT2D eigenvalue weighted by Gasteiger charge is -1.95. The van der Waals surface area contributed by atoms with Gasteiger partial charge in [-0.05, 0) is 11.6 Å². The largest absolute Gasteiger partial charge is 0.302 e. The first-order valence-electron chi connectivity index (χ1n) is 6.04. The van der Waals surface area contributed by atoms with Crippen LogP contribution in [0.5, 0.6) is 0 Å². The molecule has 0 spiro atoms. The number of aromatic nitrogens is 2. The fourth-order valence-corrected chi connectivity index (χ4v) is 1.55. The molecule has 1 aromatic carbocycles. The molecule has 1 heterocycles. The lowest BCUT2D eigenvalue weighted by molar-refractivity contribution is -0.120. The molecular weight excluding hydrogens is 256 g/mol. The van der Waals surface area contributed by atoms with E-state index in [9.17, 15) is 9.59 Å². The lowest BCUT2D eigenvalue weighted by atomic mass is 10.2. The third-order valence-electron chi connectivity index (χ3n) is 2.44. The second-order valence-corrected chi connectivity index (χ2v) is 4.04. The van der Waals surface area contributed by atoms with Gasteiger partial charge in [-0.1, -0.05) is 36.4 Å². The Kier molecular flexibility index (Phi) is 4.66. The number of carbonyl (C=O) groups excluding carboxylic acids is 1. The van der Waals surface area contributed by atoms with E-state index in [2.05, 4.69) is 20.7 Å². The van der Waals surface area contributed by atoms with Crippen molar-refractivity contribution >= 4 is 18.2 Å². The van der Waals surface area contributed by atoms with Crippen molar-refractivity contribution in [3.05, 3.63) is 64.1 Å². The molecule has 0 aliphatic carbocycles. The van der Waals surface area contributed by atoms with Crippen molar-refractivity contribution in [2.45, 2.75) is 6.42 Å². The minimum Gasteiger partial charge on any atom is -0.302 e. The maximum absolute atomic E-state index is 11.5. The van der Waals surface area contributed by atoms with Crippen LogP contribution in [-0.4, -0.2) is 22.3 Å². The molecule has 0 aliphatic rings. The van der Waals surface area contributed by atoms with Gasteiger partial charge >= 0.3 is 0 Å². The Morgan fingerprint density at radius 1 is 1.25 bits per heavy atom. The van der Waals surface area contributed by atoms with E-state index in [4.69, 9.17) is 0 Å². The summed E-state index contributed by atoms with van der Waals surface area (Å²) >= 11 is 0. The van der Waals surface area contributed by atoms with E-state index in [1.165, 1.54) is 12.3 Å². The predicted molar refractivity (Wildman–Crippen MR) is 77.2 cm³/mol. The Morgan fingerprint density at radius 2 is 2.05 bits per heavy atom. The van der Waals surface area contributed by atoms with Crippen molar-refractivity contribution in [2.24, 2.45) is 5.10 Å². The number of nitrogens with one attached hydrogen (secondary N) is 3. The predicted octanol–water partition coefficient (Wildman–Crippen LogP) is 1.06. The molecule has 1 amide bonds. The van der Waals surface area contributed by atoms with Gasteiger partial charge in [-0.15, -0.1) is 0 Å². The highest BCUT2D eigenvalue weighted by molar-refractivity contribution is 5.82. The molecule has 1 aromatic heterocycles. The van der Waals surface area contributed by atoms with Crippen LogP contribution < -0.4 is 11.0 Å². The monoisotopic (exact) mass is 270 g/mol. The van der Waals surface area contributed by atoms with E-state index >= 15 is 0 Å². The molecule has 0 fully saturated rings. The van der Waals surface area contributed by atoms with Gasteiger partial charge in [0.05, 0.1) is 6.42 Å². The zero-order chi connectivity index (χ0) is 14.2. The molecule has 102 valence electrons. The highest BCUT2D eigenvalue weighted by Gasteiger charge is 2.03. The molecule has 6 heteroatoms. The summed E-state index contributed by atoms with van der Waals surface area (Å²) in [6, 6.07) is 11.1. The second-order valence-electron chi connectivity index (χ2n) is 4.04. The van der Waals surface area contributed by atoms with Gasteiger partial charge in [0.25, 0.3) is 5.56 Å². The average molecular weight is 270 g/mol. The first kappa shape index (κ1) is 13.5. The molecule has 3 N–H and O–H groups in total. The van der Waals surface area contributed by atoms with Gasteiger partial charge in [0.1, 0.15) is 0 Å². The molecule has 0 saturated heterocycles. The van der Waals surface area contributed by atoms with Crippen LogP contribution in [0.15, 0.2) is 52.4 Å². The quantitative estimate of drug-likeness (QED) is 0.560. The summed E-state index contributed by atoms with van der Waals surface area (Å²) in [7, 11) is 0. The summed E-state index contributed by atoms with van der Waals surface area (Å²) in [5.74, 6) is -0.301. The average Bonchev–Trinajstić information content (AvgIpc) is 2.85. The van der Waals surface area contributed by atoms with E-state index in [0.29, 0.717) is 5.69 Å². The van der Waals surface area contributed by atoms with E-state index in [1.807, 2.05) is 36.4 Å². The van der Waals surface area contributed by atoms with Crippen LogP contribution in [0, 0.1) is 0 Å². The van der Waals surface area contributed by atoms with Crippen LogP contribution in [-0.2, 0) is 11.2 Å². The van der Waals surface area contributed by atoms with Gasteiger partial charge < -0.3 is 5.10 Å². The highest BCUT2D eigenvalue weighted by atomic mass is 16.2. The maximum Gasteiger partial charge on any atom is 0.264 e. The number of rotatable bonds is 5. The third kappa shape index (κ3) is 4.41. The molecule has 6 nitrogen and oxygen atoms in total. The van der Waals surface area contributed by atoms with E-state index in [0.717, 1.165) is 5.56 Å². The SMILES string of the molecule is O=C(Cc1cc(=O)[nH][nH]1)N/N=C/C=C/c1ccccc1. The second kappa shape index (κ2) is 6.89. The maximum atomic E-state index is 11.5. The number of allylic oxidation sites excluding steroid dienone is 1. The molecule has 2 rings (SSSR count).